The maximum Gasteiger partial charge on any atom is 0.408 e. The molecule has 0 spiro atoms. The number of ketones is 2. The monoisotopic (exact) mass is 534 g/mol. The van der Waals surface area contributed by atoms with Crippen LogP contribution in [0.4, 0.5) is 4.79 Å². The minimum absolute atomic E-state index is 0.0346. The predicted octanol–water partition coefficient (Wildman–Crippen LogP) is 4.39. The summed E-state index contributed by atoms with van der Waals surface area (Å²) >= 11 is 0. The number of rotatable bonds is 9. The smallest absolute Gasteiger partial charge is 0.408 e. The highest BCUT2D eigenvalue weighted by Crippen LogP contribution is 2.16. The van der Waals surface area contributed by atoms with Gasteiger partial charge in [-0.05, 0) is 71.7 Å². The number of nitrogens with one attached hydrogen (secondary N) is 3. The predicted molar refractivity (Wildman–Crippen MR) is 151 cm³/mol. The van der Waals surface area contributed by atoms with Gasteiger partial charge in [-0.1, -0.05) is 0 Å². The van der Waals surface area contributed by atoms with Crippen molar-refractivity contribution in [1.29, 1.82) is 0 Å². The van der Waals surface area contributed by atoms with Crippen molar-refractivity contribution in [2.24, 2.45) is 5.73 Å². The molecule has 208 valence electrons. The molecule has 0 bridgehead atoms. The van der Waals surface area contributed by atoms with Gasteiger partial charge in [0, 0.05) is 70.8 Å². The van der Waals surface area contributed by atoms with Crippen LogP contribution < -0.4 is 11.1 Å². The van der Waals surface area contributed by atoms with Crippen LogP contribution in [0, 0.1) is 0 Å². The van der Waals surface area contributed by atoms with E-state index >= 15 is 0 Å². The molecule has 39 heavy (non-hydrogen) atoms. The average molecular weight is 535 g/mol. The van der Waals surface area contributed by atoms with Crippen molar-refractivity contribution in [2.75, 3.05) is 0 Å². The van der Waals surface area contributed by atoms with E-state index in [0.717, 1.165) is 33.2 Å². The summed E-state index contributed by atoms with van der Waals surface area (Å²) in [5, 5.41) is 4.67. The molecule has 0 fully saturated rings. The Bertz CT molecular complexity index is 1350. The SMILES string of the molecule is C[C@H](N)C(=O)CCc1cc2cnccc2[nH]1.C[C@H](NC(=O)OC(C)(C)C)C(=O)CCc1cc2cnccc2[nH]1. The first-order valence-corrected chi connectivity index (χ1v) is 13.0. The molecule has 0 saturated carbocycles. The molecule has 0 aromatic carbocycles. The molecule has 1 amide bonds. The van der Waals surface area contributed by atoms with Crippen molar-refractivity contribution in [3.05, 3.63) is 60.4 Å². The van der Waals surface area contributed by atoms with E-state index in [2.05, 4.69) is 25.3 Å². The molecule has 0 saturated heterocycles. The third-order valence-electron chi connectivity index (χ3n) is 5.96. The average Bonchev–Trinajstić information content (AvgIpc) is 3.48. The van der Waals surface area contributed by atoms with Gasteiger partial charge in [0.2, 0.25) is 0 Å². The van der Waals surface area contributed by atoms with E-state index in [1.54, 1.807) is 53.2 Å². The van der Waals surface area contributed by atoms with Crippen LogP contribution in [0.5, 0.6) is 0 Å². The topological polar surface area (TPSA) is 156 Å². The number of ether oxygens (including phenoxy) is 1. The van der Waals surface area contributed by atoms with Crippen LogP contribution in [0.25, 0.3) is 21.8 Å². The summed E-state index contributed by atoms with van der Waals surface area (Å²) in [6.45, 7) is 8.73. The zero-order valence-electron chi connectivity index (χ0n) is 23.2. The lowest BCUT2D eigenvalue weighted by Gasteiger charge is -2.21. The Morgan fingerprint density at radius 3 is 1.82 bits per heavy atom. The van der Waals surface area contributed by atoms with Gasteiger partial charge in [0.1, 0.15) is 11.4 Å². The molecule has 2 atom stereocenters. The number of aromatic nitrogens is 4. The van der Waals surface area contributed by atoms with Crippen LogP contribution >= 0.6 is 0 Å². The van der Waals surface area contributed by atoms with Crippen LogP contribution in [0.15, 0.2) is 49.1 Å². The molecule has 0 unspecified atom stereocenters. The van der Waals surface area contributed by atoms with Gasteiger partial charge in [0.25, 0.3) is 0 Å². The fourth-order valence-electron chi connectivity index (χ4n) is 3.86. The molecule has 0 aliphatic heterocycles. The first-order chi connectivity index (χ1) is 18.4. The van der Waals surface area contributed by atoms with Gasteiger partial charge >= 0.3 is 6.09 Å². The first-order valence-electron chi connectivity index (χ1n) is 13.0. The third-order valence-corrected chi connectivity index (χ3v) is 5.96. The van der Waals surface area contributed by atoms with E-state index < -0.39 is 17.7 Å². The number of Topliss-reactive ketones (excluding diaryl/α,β-unsaturated/α-hetero) is 2. The molecule has 4 aromatic heterocycles. The zero-order valence-corrected chi connectivity index (χ0v) is 23.2. The number of aromatic amines is 2. The molecule has 4 rings (SSSR count). The first kappa shape index (κ1) is 29.5. The number of nitrogens with two attached hydrogens (primary N) is 1. The molecule has 10 nitrogen and oxygen atoms in total. The van der Waals surface area contributed by atoms with Crippen LogP contribution in [0.2, 0.25) is 0 Å². The second kappa shape index (κ2) is 13.1. The van der Waals surface area contributed by atoms with Crippen molar-refractivity contribution >= 4 is 39.5 Å². The van der Waals surface area contributed by atoms with Gasteiger partial charge in [-0.2, -0.15) is 0 Å². The third kappa shape index (κ3) is 9.33. The molecule has 0 aliphatic rings. The molecule has 10 heteroatoms. The van der Waals surface area contributed by atoms with Crippen LogP contribution in [-0.4, -0.2) is 55.3 Å². The fraction of sp³-hybridized carbons (Fsp3) is 0.414. The number of aryl methyl sites for hydroxylation is 2. The number of nitrogens with zero attached hydrogens (tertiary/aromatic N) is 2. The van der Waals surface area contributed by atoms with Gasteiger partial charge < -0.3 is 25.8 Å². The molecule has 0 aliphatic carbocycles. The largest absolute Gasteiger partial charge is 0.444 e. The van der Waals surface area contributed by atoms with Crippen molar-refractivity contribution < 1.29 is 19.1 Å². The van der Waals surface area contributed by atoms with E-state index in [1.165, 1.54) is 0 Å². The maximum absolute atomic E-state index is 12.1. The number of hydrogen-bond donors (Lipinski definition) is 4. The molecule has 0 radical (unpaired) electrons. The summed E-state index contributed by atoms with van der Waals surface area (Å²) in [4.78, 5) is 49.8. The number of H-pyrrole nitrogens is 2. The Balaban J connectivity index is 0.000000230. The highest BCUT2D eigenvalue weighted by molar-refractivity contribution is 5.87. The Kier molecular flexibility index (Phi) is 9.95. The van der Waals surface area contributed by atoms with Crippen molar-refractivity contribution in [1.82, 2.24) is 25.3 Å². The molecular formula is C29H38N6O4. The molecule has 4 aromatic rings. The molecule has 5 N–H and O–H groups in total. The second-order valence-electron chi connectivity index (χ2n) is 10.6. The number of alkyl carbamates (subject to hydrolysis) is 1. The van der Waals surface area contributed by atoms with E-state index in [0.29, 0.717) is 25.7 Å². The van der Waals surface area contributed by atoms with Gasteiger partial charge in [-0.15, -0.1) is 0 Å². The quantitative estimate of drug-likeness (QED) is 0.248. The number of carbonyl (C=O) groups is 3. The van der Waals surface area contributed by atoms with Crippen molar-refractivity contribution in [3.63, 3.8) is 0 Å². The fourth-order valence-corrected chi connectivity index (χ4v) is 3.86. The summed E-state index contributed by atoms with van der Waals surface area (Å²) in [6, 6.07) is 6.89. The normalized spacial score (nSPS) is 12.9. The molecule has 4 heterocycles. The van der Waals surface area contributed by atoms with Gasteiger partial charge in [0.15, 0.2) is 5.78 Å². The van der Waals surface area contributed by atoms with E-state index in [9.17, 15) is 14.4 Å². The highest BCUT2D eigenvalue weighted by atomic mass is 16.6. The standard InChI is InChI=1S/C17H23N3O3.C12H15N3O/c1-11(19-16(22)23-17(2,3)4)15(21)6-5-13-9-12-10-18-8-7-14(12)20-13;1-8(13)12(16)3-2-10-6-9-7-14-5-4-11(9)15-10/h7-11,20H,5-6H2,1-4H3,(H,19,22);4-8,15H,2-3,13H2,1H3/t11-;8-/m00/s1. The van der Waals surface area contributed by atoms with Crippen molar-refractivity contribution in [2.45, 2.75) is 78.0 Å². The summed E-state index contributed by atoms with van der Waals surface area (Å²) in [5.41, 5.74) is 9.01. The highest BCUT2D eigenvalue weighted by Gasteiger charge is 2.21. The maximum atomic E-state index is 12.1. The minimum atomic E-state index is -0.578. The number of amides is 1. The van der Waals surface area contributed by atoms with Crippen LogP contribution in [0.3, 0.4) is 0 Å². The van der Waals surface area contributed by atoms with Crippen LogP contribution in [0.1, 0.15) is 58.8 Å². The van der Waals surface area contributed by atoms with Crippen LogP contribution in [-0.2, 0) is 27.2 Å². The lowest BCUT2D eigenvalue weighted by atomic mass is 10.1. The molecular weight excluding hydrogens is 496 g/mol. The second-order valence-corrected chi connectivity index (χ2v) is 10.6. The van der Waals surface area contributed by atoms with Gasteiger partial charge in [0.05, 0.1) is 12.1 Å². The lowest BCUT2D eigenvalue weighted by Crippen LogP contribution is -2.41. The summed E-state index contributed by atoms with van der Waals surface area (Å²) in [5.74, 6) is 0.0596. The number of hydrogen-bond acceptors (Lipinski definition) is 7. The lowest BCUT2D eigenvalue weighted by molar-refractivity contribution is -0.121. The van der Waals surface area contributed by atoms with E-state index in [1.807, 2.05) is 30.5 Å². The summed E-state index contributed by atoms with van der Waals surface area (Å²) < 4.78 is 5.15. The minimum Gasteiger partial charge on any atom is -0.444 e. The Labute approximate surface area is 228 Å². The van der Waals surface area contributed by atoms with Gasteiger partial charge in [-0.3, -0.25) is 19.6 Å². The summed E-state index contributed by atoms with van der Waals surface area (Å²) in [7, 11) is 0. The van der Waals surface area contributed by atoms with E-state index in [-0.39, 0.29) is 17.6 Å². The van der Waals surface area contributed by atoms with E-state index in [4.69, 9.17) is 10.5 Å². The Hall–Kier alpha value is -4.05. The Morgan fingerprint density at radius 1 is 0.897 bits per heavy atom. The Morgan fingerprint density at radius 2 is 1.38 bits per heavy atom. The number of carbonyl (C=O) groups excluding carboxylic acids is 3. The van der Waals surface area contributed by atoms with Gasteiger partial charge in [-0.25, -0.2) is 4.79 Å². The summed E-state index contributed by atoms with van der Waals surface area (Å²) in [6.07, 6.45) is 8.61. The van der Waals surface area contributed by atoms with Crippen molar-refractivity contribution in [3.8, 4) is 0 Å². The zero-order chi connectivity index (χ0) is 28.6. The number of pyridine rings is 2. The number of fused-ring (bicyclic) bond motifs is 2.